The van der Waals surface area contributed by atoms with Crippen LogP contribution in [0.2, 0.25) is 0 Å². The van der Waals surface area contributed by atoms with E-state index in [0.717, 1.165) is 18.5 Å². The fraction of sp³-hybridized carbons (Fsp3) is 0.467. The van der Waals surface area contributed by atoms with Crippen LogP contribution in [0, 0.1) is 6.92 Å². The van der Waals surface area contributed by atoms with Crippen molar-refractivity contribution in [1.82, 2.24) is 9.80 Å². The number of hydrogen-bond acceptors (Lipinski definition) is 3. The number of carbonyl (C=O) groups is 2. The van der Waals surface area contributed by atoms with Gasteiger partial charge in [0.25, 0.3) is 5.91 Å². The van der Waals surface area contributed by atoms with Crippen molar-refractivity contribution in [3.05, 3.63) is 29.3 Å². The number of amides is 2. The van der Waals surface area contributed by atoms with Crippen LogP contribution in [0.3, 0.4) is 0 Å². The van der Waals surface area contributed by atoms with Gasteiger partial charge in [0.15, 0.2) is 0 Å². The van der Waals surface area contributed by atoms with E-state index in [0.29, 0.717) is 30.9 Å². The quantitative estimate of drug-likeness (QED) is 0.785. The molecule has 0 saturated carbocycles. The lowest BCUT2D eigenvalue weighted by molar-refractivity contribution is -0.128. The smallest absolute Gasteiger partial charge is 0.254 e. The molecule has 1 aromatic rings. The van der Waals surface area contributed by atoms with E-state index in [1.54, 1.807) is 24.0 Å². The Hall–Kier alpha value is -2.04. The molecule has 108 valence electrons. The molecular weight excluding hydrogens is 254 g/mol. The fourth-order valence-electron chi connectivity index (χ4n) is 2.53. The van der Waals surface area contributed by atoms with Crippen LogP contribution in [-0.4, -0.2) is 47.8 Å². The SMILES string of the molecule is CC(=O)N1CCCN(C(=O)c2ccc(N)cc2C)CC1. The molecule has 0 spiro atoms. The molecule has 5 nitrogen and oxygen atoms in total. The number of benzene rings is 1. The van der Waals surface area contributed by atoms with Gasteiger partial charge in [-0.05, 0) is 37.1 Å². The number of hydrogen-bond donors (Lipinski definition) is 1. The molecule has 20 heavy (non-hydrogen) atoms. The highest BCUT2D eigenvalue weighted by Gasteiger charge is 2.22. The molecule has 2 rings (SSSR count). The second kappa shape index (κ2) is 5.94. The first kappa shape index (κ1) is 14.4. The van der Waals surface area contributed by atoms with Gasteiger partial charge in [0.2, 0.25) is 5.91 Å². The summed E-state index contributed by atoms with van der Waals surface area (Å²) in [4.78, 5) is 27.6. The first-order valence-electron chi connectivity index (χ1n) is 6.90. The minimum Gasteiger partial charge on any atom is -0.399 e. The van der Waals surface area contributed by atoms with E-state index in [2.05, 4.69) is 0 Å². The van der Waals surface area contributed by atoms with Crippen molar-refractivity contribution in [3.8, 4) is 0 Å². The average Bonchev–Trinajstić information content (AvgIpc) is 2.63. The Morgan fingerprint density at radius 1 is 1.10 bits per heavy atom. The van der Waals surface area contributed by atoms with Crippen molar-refractivity contribution in [2.24, 2.45) is 0 Å². The Kier molecular flexibility index (Phi) is 4.27. The predicted molar refractivity (Wildman–Crippen MR) is 78.4 cm³/mol. The monoisotopic (exact) mass is 275 g/mol. The molecule has 2 N–H and O–H groups in total. The molecule has 0 bridgehead atoms. The third kappa shape index (κ3) is 3.10. The van der Waals surface area contributed by atoms with Gasteiger partial charge in [0, 0.05) is 44.4 Å². The zero-order valence-electron chi connectivity index (χ0n) is 12.1. The number of anilines is 1. The van der Waals surface area contributed by atoms with E-state index in [1.807, 2.05) is 17.9 Å². The summed E-state index contributed by atoms with van der Waals surface area (Å²) in [5.41, 5.74) is 7.96. The third-order valence-corrected chi connectivity index (χ3v) is 3.71. The van der Waals surface area contributed by atoms with Crippen molar-refractivity contribution < 1.29 is 9.59 Å². The number of nitrogens with zero attached hydrogens (tertiary/aromatic N) is 2. The van der Waals surface area contributed by atoms with Crippen LogP contribution in [0.15, 0.2) is 18.2 Å². The van der Waals surface area contributed by atoms with Crippen LogP contribution in [0.1, 0.15) is 29.3 Å². The second-order valence-electron chi connectivity index (χ2n) is 5.23. The van der Waals surface area contributed by atoms with Gasteiger partial charge in [-0.25, -0.2) is 0 Å². The highest BCUT2D eigenvalue weighted by molar-refractivity contribution is 5.96. The van der Waals surface area contributed by atoms with Crippen LogP contribution < -0.4 is 5.73 Å². The normalized spacial score (nSPS) is 15.9. The summed E-state index contributed by atoms with van der Waals surface area (Å²) in [5, 5.41) is 0. The molecule has 0 atom stereocenters. The fourth-order valence-corrected chi connectivity index (χ4v) is 2.53. The summed E-state index contributed by atoms with van der Waals surface area (Å²) in [6.45, 7) is 6.06. The van der Waals surface area contributed by atoms with Gasteiger partial charge in [-0.3, -0.25) is 9.59 Å². The van der Waals surface area contributed by atoms with Gasteiger partial charge >= 0.3 is 0 Å². The lowest BCUT2D eigenvalue weighted by Gasteiger charge is -2.22. The summed E-state index contributed by atoms with van der Waals surface area (Å²) in [6, 6.07) is 5.34. The Labute approximate surface area is 119 Å². The van der Waals surface area contributed by atoms with Gasteiger partial charge in [-0.1, -0.05) is 0 Å². The zero-order chi connectivity index (χ0) is 14.7. The van der Waals surface area contributed by atoms with E-state index in [1.165, 1.54) is 0 Å². The zero-order valence-corrected chi connectivity index (χ0v) is 12.1. The first-order chi connectivity index (χ1) is 9.49. The Morgan fingerprint density at radius 2 is 1.75 bits per heavy atom. The van der Waals surface area contributed by atoms with Crippen molar-refractivity contribution in [3.63, 3.8) is 0 Å². The molecule has 1 saturated heterocycles. The Bertz CT molecular complexity index is 528. The van der Waals surface area contributed by atoms with Gasteiger partial charge in [-0.15, -0.1) is 0 Å². The predicted octanol–water partition coefficient (Wildman–Crippen LogP) is 1.27. The van der Waals surface area contributed by atoms with E-state index < -0.39 is 0 Å². The van der Waals surface area contributed by atoms with Crippen LogP contribution in [-0.2, 0) is 4.79 Å². The standard InChI is InChI=1S/C15H21N3O2/c1-11-10-13(16)4-5-14(11)15(20)18-7-3-6-17(8-9-18)12(2)19/h4-5,10H,3,6-9,16H2,1-2H3. The number of aryl methyl sites for hydroxylation is 1. The first-order valence-corrected chi connectivity index (χ1v) is 6.90. The van der Waals surface area contributed by atoms with Crippen molar-refractivity contribution >= 4 is 17.5 Å². The maximum atomic E-state index is 12.5. The highest BCUT2D eigenvalue weighted by atomic mass is 16.2. The number of rotatable bonds is 1. The van der Waals surface area contributed by atoms with Crippen molar-refractivity contribution in [2.75, 3.05) is 31.9 Å². The molecule has 0 aromatic heterocycles. The maximum Gasteiger partial charge on any atom is 0.254 e. The molecule has 1 fully saturated rings. The van der Waals surface area contributed by atoms with Crippen molar-refractivity contribution in [2.45, 2.75) is 20.3 Å². The van der Waals surface area contributed by atoms with E-state index >= 15 is 0 Å². The largest absolute Gasteiger partial charge is 0.399 e. The summed E-state index contributed by atoms with van der Waals surface area (Å²) >= 11 is 0. The lowest BCUT2D eigenvalue weighted by Crippen LogP contribution is -2.36. The van der Waals surface area contributed by atoms with Gasteiger partial charge in [-0.2, -0.15) is 0 Å². The molecule has 1 aromatic carbocycles. The summed E-state index contributed by atoms with van der Waals surface area (Å²) < 4.78 is 0. The topological polar surface area (TPSA) is 66.6 Å². The van der Waals surface area contributed by atoms with Crippen LogP contribution in [0.25, 0.3) is 0 Å². The molecule has 0 radical (unpaired) electrons. The van der Waals surface area contributed by atoms with Gasteiger partial charge < -0.3 is 15.5 Å². The molecule has 0 unspecified atom stereocenters. The summed E-state index contributed by atoms with van der Waals surface area (Å²) in [7, 11) is 0. The molecule has 2 amide bonds. The molecule has 1 heterocycles. The van der Waals surface area contributed by atoms with Gasteiger partial charge in [0.1, 0.15) is 0 Å². The third-order valence-electron chi connectivity index (χ3n) is 3.71. The van der Waals surface area contributed by atoms with E-state index in [4.69, 9.17) is 5.73 Å². The number of carbonyl (C=O) groups excluding carboxylic acids is 2. The molecule has 1 aliphatic heterocycles. The summed E-state index contributed by atoms with van der Waals surface area (Å²) in [6.07, 6.45) is 0.819. The Balaban J connectivity index is 2.11. The van der Waals surface area contributed by atoms with Crippen LogP contribution in [0.5, 0.6) is 0 Å². The average molecular weight is 275 g/mol. The van der Waals surface area contributed by atoms with Gasteiger partial charge in [0.05, 0.1) is 0 Å². The number of nitrogens with two attached hydrogens (primary N) is 1. The molecule has 1 aliphatic rings. The van der Waals surface area contributed by atoms with Crippen LogP contribution in [0.4, 0.5) is 5.69 Å². The minimum absolute atomic E-state index is 0.0212. The van der Waals surface area contributed by atoms with Crippen molar-refractivity contribution in [1.29, 1.82) is 0 Å². The number of nitrogen functional groups attached to an aromatic ring is 1. The molecule has 5 heteroatoms. The Morgan fingerprint density at radius 3 is 2.40 bits per heavy atom. The maximum absolute atomic E-state index is 12.5. The minimum atomic E-state index is 0.0212. The lowest BCUT2D eigenvalue weighted by atomic mass is 10.1. The molecule has 0 aliphatic carbocycles. The highest BCUT2D eigenvalue weighted by Crippen LogP contribution is 2.16. The summed E-state index contributed by atoms with van der Waals surface area (Å²) in [5.74, 6) is 0.0934. The van der Waals surface area contributed by atoms with Crippen LogP contribution >= 0.6 is 0 Å². The van der Waals surface area contributed by atoms with E-state index in [9.17, 15) is 9.59 Å². The molecular formula is C15H21N3O2. The van der Waals surface area contributed by atoms with E-state index in [-0.39, 0.29) is 11.8 Å². The second-order valence-corrected chi connectivity index (χ2v) is 5.23.